The molecule has 3 N–H and O–H groups in total. The number of hydrogen-bond donors (Lipinski definition) is 2. The number of nitrogen functional groups attached to an aromatic ring is 1. The number of carbonyl (C=O) groups is 1. The first kappa shape index (κ1) is 15.6. The summed E-state index contributed by atoms with van der Waals surface area (Å²) in [6, 6.07) is 5.26. The highest BCUT2D eigenvalue weighted by molar-refractivity contribution is 6.01. The molecular weight excluding hydrogens is 268 g/mol. The Kier molecular flexibility index (Phi) is 5.87. The highest BCUT2D eigenvalue weighted by atomic mass is 16.5. The van der Waals surface area contributed by atoms with E-state index in [0.29, 0.717) is 30.2 Å². The molecule has 1 aromatic rings. The van der Waals surface area contributed by atoms with Gasteiger partial charge in [-0.15, -0.1) is 0 Å². The molecule has 1 unspecified atom stereocenters. The molecule has 0 aliphatic carbocycles. The van der Waals surface area contributed by atoms with Gasteiger partial charge in [-0.1, -0.05) is 6.07 Å². The van der Waals surface area contributed by atoms with Crippen LogP contribution in [0.2, 0.25) is 0 Å². The third-order valence-corrected chi connectivity index (χ3v) is 3.61. The second kappa shape index (κ2) is 7.88. The van der Waals surface area contributed by atoms with Crippen molar-refractivity contribution in [2.45, 2.75) is 38.7 Å². The van der Waals surface area contributed by atoms with Crippen LogP contribution in [0.4, 0.5) is 5.69 Å². The van der Waals surface area contributed by atoms with Gasteiger partial charge in [0.1, 0.15) is 11.3 Å². The summed E-state index contributed by atoms with van der Waals surface area (Å²) in [7, 11) is 0. The third kappa shape index (κ3) is 4.36. The van der Waals surface area contributed by atoms with Gasteiger partial charge >= 0.3 is 0 Å². The molecule has 0 bridgehead atoms. The zero-order valence-electron chi connectivity index (χ0n) is 12.6. The maximum atomic E-state index is 12.3. The number of ether oxygens (including phenoxy) is 2. The van der Waals surface area contributed by atoms with E-state index >= 15 is 0 Å². The Morgan fingerprint density at radius 3 is 3.05 bits per heavy atom. The Hall–Kier alpha value is -1.75. The maximum absolute atomic E-state index is 12.3. The number of hydrogen-bond acceptors (Lipinski definition) is 4. The maximum Gasteiger partial charge on any atom is 0.257 e. The van der Waals surface area contributed by atoms with Crippen LogP contribution in [-0.2, 0) is 4.74 Å². The minimum Gasteiger partial charge on any atom is -0.493 e. The number of carbonyl (C=O) groups excluding carboxylic acids is 1. The van der Waals surface area contributed by atoms with E-state index in [1.807, 2.05) is 6.92 Å². The predicted molar refractivity (Wildman–Crippen MR) is 82.6 cm³/mol. The first-order chi connectivity index (χ1) is 10.2. The summed E-state index contributed by atoms with van der Waals surface area (Å²) in [5.74, 6) is 0.344. The Labute approximate surface area is 125 Å². The molecule has 1 atom stereocenters. The van der Waals surface area contributed by atoms with Crippen molar-refractivity contribution >= 4 is 11.6 Å². The fourth-order valence-corrected chi connectivity index (χ4v) is 2.54. The summed E-state index contributed by atoms with van der Waals surface area (Å²) < 4.78 is 11.1. The van der Waals surface area contributed by atoms with Crippen LogP contribution in [0.25, 0.3) is 0 Å². The Morgan fingerprint density at radius 1 is 1.48 bits per heavy atom. The summed E-state index contributed by atoms with van der Waals surface area (Å²) in [6.45, 7) is 3.80. The van der Waals surface area contributed by atoms with Crippen molar-refractivity contribution in [1.82, 2.24) is 5.32 Å². The second-order valence-corrected chi connectivity index (χ2v) is 5.19. The number of nitrogens with one attached hydrogen (secondary N) is 1. The van der Waals surface area contributed by atoms with Crippen molar-refractivity contribution in [1.29, 1.82) is 0 Å². The fourth-order valence-electron chi connectivity index (χ4n) is 2.54. The van der Waals surface area contributed by atoms with Gasteiger partial charge in [0, 0.05) is 18.8 Å². The minimum atomic E-state index is -0.188. The Balaban J connectivity index is 1.90. The molecule has 5 heteroatoms. The molecule has 1 aliphatic rings. The molecule has 1 amide bonds. The van der Waals surface area contributed by atoms with Gasteiger partial charge in [-0.3, -0.25) is 4.79 Å². The SMILES string of the molecule is CCOc1cccc(N)c1C(=O)NCCC1CCCCO1. The number of rotatable bonds is 6. The summed E-state index contributed by atoms with van der Waals surface area (Å²) in [6.07, 6.45) is 4.52. The topological polar surface area (TPSA) is 73.6 Å². The monoisotopic (exact) mass is 292 g/mol. The van der Waals surface area contributed by atoms with Crippen LogP contribution >= 0.6 is 0 Å². The molecule has 21 heavy (non-hydrogen) atoms. The molecule has 1 heterocycles. The van der Waals surface area contributed by atoms with E-state index in [1.54, 1.807) is 18.2 Å². The molecule has 0 spiro atoms. The second-order valence-electron chi connectivity index (χ2n) is 5.19. The van der Waals surface area contributed by atoms with Crippen LogP contribution in [0, 0.1) is 0 Å². The molecule has 1 fully saturated rings. The van der Waals surface area contributed by atoms with E-state index in [1.165, 1.54) is 6.42 Å². The van der Waals surface area contributed by atoms with Crippen LogP contribution < -0.4 is 15.8 Å². The number of benzene rings is 1. The molecule has 0 saturated carbocycles. The zero-order valence-corrected chi connectivity index (χ0v) is 12.6. The van der Waals surface area contributed by atoms with E-state index in [0.717, 1.165) is 25.9 Å². The summed E-state index contributed by atoms with van der Waals surface area (Å²) in [5, 5.41) is 2.91. The molecule has 2 rings (SSSR count). The lowest BCUT2D eigenvalue weighted by atomic mass is 10.1. The van der Waals surface area contributed by atoms with Gasteiger partial charge < -0.3 is 20.5 Å². The van der Waals surface area contributed by atoms with Crippen molar-refractivity contribution in [2.75, 3.05) is 25.5 Å². The lowest BCUT2D eigenvalue weighted by Crippen LogP contribution is -2.30. The van der Waals surface area contributed by atoms with E-state index in [-0.39, 0.29) is 12.0 Å². The van der Waals surface area contributed by atoms with Crippen LogP contribution in [0.5, 0.6) is 5.75 Å². The van der Waals surface area contributed by atoms with Crippen LogP contribution in [0.3, 0.4) is 0 Å². The van der Waals surface area contributed by atoms with E-state index in [4.69, 9.17) is 15.2 Å². The zero-order chi connectivity index (χ0) is 15.1. The molecule has 1 aliphatic heterocycles. The summed E-state index contributed by atoms with van der Waals surface area (Å²) in [5.41, 5.74) is 6.76. The van der Waals surface area contributed by atoms with Crippen LogP contribution in [0.15, 0.2) is 18.2 Å². The van der Waals surface area contributed by atoms with Gasteiger partial charge in [0.25, 0.3) is 5.91 Å². The van der Waals surface area contributed by atoms with E-state index in [9.17, 15) is 4.79 Å². The Bertz CT molecular complexity index is 471. The Morgan fingerprint density at radius 2 is 2.33 bits per heavy atom. The quantitative estimate of drug-likeness (QED) is 0.789. The number of nitrogens with two attached hydrogens (primary N) is 1. The van der Waals surface area contributed by atoms with Crippen molar-refractivity contribution in [2.24, 2.45) is 0 Å². The van der Waals surface area contributed by atoms with Crippen LogP contribution in [-0.4, -0.2) is 31.8 Å². The molecule has 1 aromatic carbocycles. The molecule has 0 aromatic heterocycles. The van der Waals surface area contributed by atoms with Gasteiger partial charge in [-0.25, -0.2) is 0 Å². The van der Waals surface area contributed by atoms with Crippen molar-refractivity contribution in [3.8, 4) is 5.75 Å². The fraction of sp³-hybridized carbons (Fsp3) is 0.562. The van der Waals surface area contributed by atoms with E-state index in [2.05, 4.69) is 5.32 Å². The van der Waals surface area contributed by atoms with Crippen molar-refractivity contribution < 1.29 is 14.3 Å². The lowest BCUT2D eigenvalue weighted by molar-refractivity contribution is 0.0117. The average molecular weight is 292 g/mol. The third-order valence-electron chi connectivity index (χ3n) is 3.61. The van der Waals surface area contributed by atoms with Gasteiger partial charge in [0.2, 0.25) is 0 Å². The molecule has 1 saturated heterocycles. The van der Waals surface area contributed by atoms with Gasteiger partial charge in [0.15, 0.2) is 0 Å². The number of amides is 1. The summed E-state index contributed by atoms with van der Waals surface area (Å²) in [4.78, 5) is 12.3. The normalized spacial score (nSPS) is 18.2. The standard InChI is InChI=1S/C16H24N2O3/c1-2-20-14-8-5-7-13(17)15(14)16(19)18-10-9-12-6-3-4-11-21-12/h5,7-8,12H,2-4,6,9-11,17H2,1H3,(H,18,19). The molecular formula is C16H24N2O3. The smallest absolute Gasteiger partial charge is 0.257 e. The average Bonchev–Trinajstić information content (AvgIpc) is 2.48. The predicted octanol–water partition coefficient (Wildman–Crippen LogP) is 2.36. The first-order valence-electron chi connectivity index (χ1n) is 7.63. The van der Waals surface area contributed by atoms with Crippen LogP contribution in [0.1, 0.15) is 43.0 Å². The highest BCUT2D eigenvalue weighted by Crippen LogP contribution is 2.24. The molecule has 116 valence electrons. The van der Waals surface area contributed by atoms with E-state index < -0.39 is 0 Å². The minimum absolute atomic E-state index is 0.188. The largest absolute Gasteiger partial charge is 0.493 e. The first-order valence-corrected chi connectivity index (χ1v) is 7.63. The lowest BCUT2D eigenvalue weighted by Gasteiger charge is -2.22. The summed E-state index contributed by atoms with van der Waals surface area (Å²) >= 11 is 0. The van der Waals surface area contributed by atoms with Crippen molar-refractivity contribution in [3.05, 3.63) is 23.8 Å². The van der Waals surface area contributed by atoms with Gasteiger partial charge in [-0.2, -0.15) is 0 Å². The van der Waals surface area contributed by atoms with Crippen molar-refractivity contribution in [3.63, 3.8) is 0 Å². The number of anilines is 1. The van der Waals surface area contributed by atoms with Gasteiger partial charge in [0.05, 0.1) is 12.7 Å². The molecule has 5 nitrogen and oxygen atoms in total. The highest BCUT2D eigenvalue weighted by Gasteiger charge is 2.17. The van der Waals surface area contributed by atoms with Gasteiger partial charge in [-0.05, 0) is 44.7 Å². The molecule has 0 radical (unpaired) electrons.